The number of hydrogen-bond donors (Lipinski definition) is 2. The summed E-state index contributed by atoms with van der Waals surface area (Å²) in [7, 11) is 0. The quantitative estimate of drug-likeness (QED) is 0.614. The van der Waals surface area contributed by atoms with Crippen LogP contribution in [0.3, 0.4) is 0 Å². The van der Waals surface area contributed by atoms with Crippen LogP contribution < -0.4 is 5.32 Å². The minimum Gasteiger partial charge on any atom is -0.478 e. The Morgan fingerprint density at radius 2 is 1.85 bits per heavy atom. The Bertz CT molecular complexity index is 940. The number of fused-ring (bicyclic) bond motifs is 7. The van der Waals surface area contributed by atoms with Gasteiger partial charge in [-0.1, -0.05) is 12.1 Å². The molecule has 0 unspecified atom stereocenters. The van der Waals surface area contributed by atoms with Gasteiger partial charge in [0.1, 0.15) is 0 Å². The van der Waals surface area contributed by atoms with Gasteiger partial charge < -0.3 is 10.4 Å². The second kappa shape index (κ2) is 5.81. The number of benzene rings is 2. The second-order valence-electron chi connectivity index (χ2n) is 8.01. The first-order valence-corrected chi connectivity index (χ1v) is 9.41. The van der Waals surface area contributed by atoms with Gasteiger partial charge in [0, 0.05) is 17.8 Å². The molecule has 2 aromatic rings. The number of nitrogens with one attached hydrogen (secondary N) is 1. The molecule has 1 heterocycles. The lowest BCUT2D eigenvalue weighted by Crippen LogP contribution is -2.35. The number of aromatic carboxylic acids is 1. The fourth-order valence-electron chi connectivity index (χ4n) is 5.75. The van der Waals surface area contributed by atoms with Crippen LogP contribution in [0, 0.1) is 27.9 Å². The summed E-state index contributed by atoms with van der Waals surface area (Å²) in [6.07, 6.45) is 3.61. The summed E-state index contributed by atoms with van der Waals surface area (Å²) in [6.45, 7) is 0. The van der Waals surface area contributed by atoms with E-state index in [1.807, 2.05) is 24.3 Å². The van der Waals surface area contributed by atoms with Crippen LogP contribution in [0.25, 0.3) is 0 Å². The number of carboxylic acids is 1. The third kappa shape index (κ3) is 2.43. The van der Waals surface area contributed by atoms with Crippen LogP contribution in [0.15, 0.2) is 42.5 Å². The van der Waals surface area contributed by atoms with Gasteiger partial charge in [0.15, 0.2) is 0 Å². The summed E-state index contributed by atoms with van der Waals surface area (Å²) in [6, 6.07) is 12.3. The van der Waals surface area contributed by atoms with E-state index in [-0.39, 0.29) is 16.7 Å². The molecule has 138 valence electrons. The monoisotopic (exact) mass is 364 g/mol. The van der Waals surface area contributed by atoms with Crippen LogP contribution >= 0.6 is 0 Å². The van der Waals surface area contributed by atoms with Crippen LogP contribution in [0.5, 0.6) is 0 Å². The van der Waals surface area contributed by atoms with Gasteiger partial charge in [-0.3, -0.25) is 10.1 Å². The second-order valence-corrected chi connectivity index (χ2v) is 8.01. The number of carbonyl (C=O) groups is 1. The van der Waals surface area contributed by atoms with E-state index in [2.05, 4.69) is 5.32 Å². The summed E-state index contributed by atoms with van der Waals surface area (Å²) < 4.78 is 0. The Balaban J connectivity index is 1.58. The average molecular weight is 364 g/mol. The van der Waals surface area contributed by atoms with Crippen molar-refractivity contribution >= 4 is 17.3 Å². The summed E-state index contributed by atoms with van der Waals surface area (Å²) in [5.74, 6) is 1.09. The fraction of sp³-hybridized carbons (Fsp3) is 0.381. The summed E-state index contributed by atoms with van der Waals surface area (Å²) in [4.78, 5) is 22.0. The zero-order valence-corrected chi connectivity index (χ0v) is 14.7. The highest BCUT2D eigenvalue weighted by Crippen LogP contribution is 2.63. The largest absolute Gasteiger partial charge is 0.478 e. The maximum atomic E-state index is 11.4. The first-order valence-electron chi connectivity index (χ1n) is 9.41. The van der Waals surface area contributed by atoms with Crippen LogP contribution in [-0.2, 0) is 0 Å². The molecule has 2 fully saturated rings. The Morgan fingerprint density at radius 1 is 1.11 bits per heavy atom. The highest BCUT2D eigenvalue weighted by molar-refractivity contribution is 5.88. The van der Waals surface area contributed by atoms with Crippen molar-refractivity contribution in [1.82, 2.24) is 0 Å². The molecule has 5 atom stereocenters. The molecule has 27 heavy (non-hydrogen) atoms. The van der Waals surface area contributed by atoms with Crippen molar-refractivity contribution in [2.75, 3.05) is 5.32 Å². The lowest BCUT2D eigenvalue weighted by Gasteiger charge is -2.43. The standard InChI is InChI=1S/C21H20N2O4/c24-21(25)14-5-8-17-16(10-14)18-12-1-2-13(9-12)19(18)20(22-17)11-3-6-15(7-4-11)23(26)27/h3-8,10,12-13,18-20,22H,1-2,9H2,(H,24,25)/t12-,13-,18-,19-,20+/m0/s1. The number of nitro benzene ring substituents is 1. The van der Waals surface area contributed by atoms with E-state index in [0.717, 1.165) is 16.8 Å². The molecule has 3 aliphatic rings. The molecule has 0 aromatic heterocycles. The predicted octanol–water partition coefficient (Wildman–Crippen LogP) is 4.59. The lowest BCUT2D eigenvalue weighted by atomic mass is 9.68. The zero-order chi connectivity index (χ0) is 18.7. The van der Waals surface area contributed by atoms with Gasteiger partial charge in [-0.05, 0) is 72.3 Å². The summed E-state index contributed by atoms with van der Waals surface area (Å²) in [5.41, 5.74) is 3.63. The van der Waals surface area contributed by atoms with Crippen LogP contribution in [0.4, 0.5) is 11.4 Å². The minimum atomic E-state index is -0.894. The molecule has 1 aliphatic heterocycles. The number of carboxylic acid groups (broad SMARTS) is 1. The Labute approximate surface area is 156 Å². The highest BCUT2D eigenvalue weighted by Gasteiger charge is 2.53. The molecule has 0 saturated heterocycles. The van der Waals surface area contributed by atoms with Crippen molar-refractivity contribution in [2.24, 2.45) is 17.8 Å². The van der Waals surface area contributed by atoms with Gasteiger partial charge >= 0.3 is 5.97 Å². The zero-order valence-electron chi connectivity index (χ0n) is 14.7. The van der Waals surface area contributed by atoms with E-state index in [9.17, 15) is 20.0 Å². The van der Waals surface area contributed by atoms with E-state index in [1.54, 1.807) is 18.2 Å². The van der Waals surface area contributed by atoms with Crippen molar-refractivity contribution in [1.29, 1.82) is 0 Å². The topological polar surface area (TPSA) is 92.5 Å². The van der Waals surface area contributed by atoms with Crippen molar-refractivity contribution < 1.29 is 14.8 Å². The number of rotatable bonds is 3. The van der Waals surface area contributed by atoms with Crippen molar-refractivity contribution in [2.45, 2.75) is 31.2 Å². The molecule has 6 heteroatoms. The van der Waals surface area contributed by atoms with Crippen LogP contribution in [0.1, 0.15) is 52.7 Å². The lowest BCUT2D eigenvalue weighted by molar-refractivity contribution is -0.384. The molecule has 2 bridgehead atoms. The van der Waals surface area contributed by atoms with Gasteiger partial charge in [0.05, 0.1) is 16.5 Å². The summed E-state index contributed by atoms with van der Waals surface area (Å²) in [5, 5.41) is 24.0. The molecule has 6 nitrogen and oxygen atoms in total. The van der Waals surface area contributed by atoms with Crippen LogP contribution in [0.2, 0.25) is 0 Å². The highest BCUT2D eigenvalue weighted by atomic mass is 16.6. The van der Waals surface area contributed by atoms with Gasteiger partial charge in [-0.15, -0.1) is 0 Å². The maximum Gasteiger partial charge on any atom is 0.335 e. The number of anilines is 1. The normalized spacial score (nSPS) is 30.3. The van der Waals surface area contributed by atoms with E-state index >= 15 is 0 Å². The van der Waals surface area contributed by atoms with E-state index in [0.29, 0.717) is 29.2 Å². The fourth-order valence-corrected chi connectivity index (χ4v) is 5.75. The summed E-state index contributed by atoms with van der Waals surface area (Å²) >= 11 is 0. The van der Waals surface area contributed by atoms with E-state index in [1.165, 1.54) is 19.3 Å². The Kier molecular flexibility index (Phi) is 3.50. The average Bonchev–Trinajstić information content (AvgIpc) is 3.29. The predicted molar refractivity (Wildman–Crippen MR) is 99.9 cm³/mol. The van der Waals surface area contributed by atoms with Gasteiger partial charge in [-0.25, -0.2) is 4.79 Å². The van der Waals surface area contributed by atoms with Gasteiger partial charge in [-0.2, -0.15) is 0 Å². The van der Waals surface area contributed by atoms with Crippen molar-refractivity contribution in [3.05, 3.63) is 69.3 Å². The molecule has 2 aromatic carbocycles. The number of nitro groups is 1. The van der Waals surface area contributed by atoms with Gasteiger partial charge in [0.2, 0.25) is 0 Å². The molecule has 2 saturated carbocycles. The molecular formula is C21H20N2O4. The molecule has 0 amide bonds. The van der Waals surface area contributed by atoms with Crippen molar-refractivity contribution in [3.63, 3.8) is 0 Å². The number of nitrogens with zero attached hydrogens (tertiary/aromatic N) is 1. The van der Waals surface area contributed by atoms with E-state index < -0.39 is 5.97 Å². The SMILES string of the molecule is O=C(O)c1ccc2c(c1)[C@@H]1[C@H]3CC[C@@H](C3)[C@@H]1[C@@H](c1ccc([N+](=O)[O-])cc1)N2. The number of hydrogen-bond acceptors (Lipinski definition) is 4. The third-order valence-corrected chi connectivity index (χ3v) is 6.80. The third-order valence-electron chi connectivity index (χ3n) is 6.80. The first kappa shape index (κ1) is 16.3. The maximum absolute atomic E-state index is 11.4. The van der Waals surface area contributed by atoms with Crippen molar-refractivity contribution in [3.8, 4) is 0 Å². The number of non-ortho nitro benzene ring substituents is 1. The molecule has 5 rings (SSSR count). The Morgan fingerprint density at radius 3 is 2.56 bits per heavy atom. The molecule has 2 N–H and O–H groups in total. The molecule has 0 radical (unpaired) electrons. The first-order chi connectivity index (χ1) is 13.0. The van der Waals surface area contributed by atoms with E-state index in [4.69, 9.17) is 0 Å². The smallest absolute Gasteiger partial charge is 0.335 e. The van der Waals surface area contributed by atoms with Gasteiger partial charge in [0.25, 0.3) is 5.69 Å². The molecular weight excluding hydrogens is 344 g/mol. The molecule has 0 spiro atoms. The molecule has 2 aliphatic carbocycles. The Hall–Kier alpha value is -2.89. The van der Waals surface area contributed by atoms with Crippen LogP contribution in [-0.4, -0.2) is 16.0 Å². The minimum absolute atomic E-state index is 0.102.